The SMILES string of the molecule is COCC1(CNC(=O)c2cc(F)cc(C)c2[N+](=O)[O-])CCNCC1.Cl. The summed E-state index contributed by atoms with van der Waals surface area (Å²) in [4.78, 5) is 23.0. The van der Waals surface area contributed by atoms with Gasteiger partial charge in [-0.3, -0.25) is 14.9 Å². The molecule has 0 spiro atoms. The van der Waals surface area contributed by atoms with Crippen LogP contribution in [0.1, 0.15) is 28.8 Å². The predicted molar refractivity (Wildman–Crippen MR) is 93.8 cm³/mol. The summed E-state index contributed by atoms with van der Waals surface area (Å²) in [5.74, 6) is -1.31. The van der Waals surface area contributed by atoms with E-state index in [1.54, 1.807) is 7.11 Å². The molecule has 0 bridgehead atoms. The summed E-state index contributed by atoms with van der Waals surface area (Å²) in [5, 5.41) is 17.2. The number of halogens is 2. The number of aryl methyl sites for hydroxylation is 1. The van der Waals surface area contributed by atoms with E-state index in [9.17, 15) is 19.3 Å². The fourth-order valence-electron chi connectivity index (χ4n) is 3.15. The zero-order valence-electron chi connectivity index (χ0n) is 14.3. The molecule has 1 amide bonds. The Morgan fingerprint density at radius 1 is 1.44 bits per heavy atom. The largest absolute Gasteiger partial charge is 0.384 e. The minimum atomic E-state index is -0.670. The molecule has 7 nitrogen and oxygen atoms in total. The van der Waals surface area contributed by atoms with E-state index in [1.165, 1.54) is 6.92 Å². The molecule has 25 heavy (non-hydrogen) atoms. The number of carbonyl (C=O) groups excluding carboxylic acids is 1. The maximum absolute atomic E-state index is 13.6. The summed E-state index contributed by atoms with van der Waals surface area (Å²) in [6.45, 7) is 3.86. The Hall–Kier alpha value is -1.77. The van der Waals surface area contributed by atoms with Crippen molar-refractivity contribution in [1.29, 1.82) is 0 Å². The highest BCUT2D eigenvalue weighted by Crippen LogP contribution is 2.29. The molecule has 9 heteroatoms. The average molecular weight is 376 g/mol. The van der Waals surface area contributed by atoms with Gasteiger partial charge >= 0.3 is 0 Å². The lowest BCUT2D eigenvalue weighted by molar-refractivity contribution is -0.385. The molecule has 0 aromatic heterocycles. The molecule has 1 aliphatic rings. The van der Waals surface area contributed by atoms with E-state index in [1.807, 2.05) is 0 Å². The minimum Gasteiger partial charge on any atom is -0.384 e. The number of nitrogens with zero attached hydrogens (tertiary/aromatic N) is 1. The number of nitro groups is 1. The second kappa shape index (κ2) is 9.07. The summed E-state index contributed by atoms with van der Waals surface area (Å²) in [6, 6.07) is 1.96. The molecule has 0 atom stereocenters. The second-order valence-corrected chi connectivity index (χ2v) is 6.24. The Bertz CT molecular complexity index is 631. The quantitative estimate of drug-likeness (QED) is 0.587. The van der Waals surface area contributed by atoms with Gasteiger partial charge in [0.05, 0.1) is 11.5 Å². The van der Waals surface area contributed by atoms with Gasteiger partial charge in [0.25, 0.3) is 11.6 Å². The summed E-state index contributed by atoms with van der Waals surface area (Å²) < 4.78 is 18.9. The van der Waals surface area contributed by atoms with E-state index < -0.39 is 16.6 Å². The number of nitro benzene ring substituents is 1. The number of hydrogen-bond donors (Lipinski definition) is 2. The Labute approximate surface area is 151 Å². The number of benzene rings is 1. The van der Waals surface area contributed by atoms with E-state index in [2.05, 4.69) is 10.6 Å². The molecule has 0 unspecified atom stereocenters. The standard InChI is InChI=1S/C16H22FN3O4.ClH/c1-11-7-12(17)8-13(14(11)20(22)23)15(21)19-9-16(10-24-2)3-5-18-6-4-16;/h7-8,18H,3-6,9-10H2,1-2H3,(H,19,21);1H. The molecule has 1 aromatic rings. The molecule has 140 valence electrons. The van der Waals surface area contributed by atoms with Crippen LogP contribution in [0.2, 0.25) is 0 Å². The molecular formula is C16H23ClFN3O4. The van der Waals surface area contributed by atoms with Crippen molar-refractivity contribution in [3.63, 3.8) is 0 Å². The van der Waals surface area contributed by atoms with E-state index in [0.717, 1.165) is 38.1 Å². The Morgan fingerprint density at radius 2 is 2.08 bits per heavy atom. The molecule has 1 heterocycles. The van der Waals surface area contributed by atoms with Gasteiger partial charge in [-0.2, -0.15) is 0 Å². The molecular weight excluding hydrogens is 353 g/mol. The number of ether oxygens (including phenoxy) is 1. The highest BCUT2D eigenvalue weighted by Gasteiger charge is 2.33. The van der Waals surface area contributed by atoms with Gasteiger partial charge in [-0.25, -0.2) is 4.39 Å². The third-order valence-electron chi connectivity index (χ3n) is 4.43. The summed E-state index contributed by atoms with van der Waals surface area (Å²) in [7, 11) is 1.60. The fraction of sp³-hybridized carbons (Fsp3) is 0.562. The normalized spacial score (nSPS) is 16.0. The lowest BCUT2D eigenvalue weighted by Gasteiger charge is -2.37. The molecule has 0 saturated carbocycles. The third kappa shape index (κ3) is 5.10. The van der Waals surface area contributed by atoms with Crippen molar-refractivity contribution in [3.8, 4) is 0 Å². The third-order valence-corrected chi connectivity index (χ3v) is 4.43. The van der Waals surface area contributed by atoms with Crippen molar-refractivity contribution in [3.05, 3.63) is 39.2 Å². The zero-order valence-corrected chi connectivity index (χ0v) is 15.1. The van der Waals surface area contributed by atoms with Crippen molar-refractivity contribution in [1.82, 2.24) is 10.6 Å². The van der Waals surface area contributed by atoms with E-state index >= 15 is 0 Å². The predicted octanol–water partition coefficient (Wildman–Crippen LogP) is 2.21. The van der Waals surface area contributed by atoms with Crippen molar-refractivity contribution in [2.24, 2.45) is 5.41 Å². The highest BCUT2D eigenvalue weighted by molar-refractivity contribution is 5.98. The number of piperidine rings is 1. The zero-order chi connectivity index (χ0) is 17.7. The molecule has 2 rings (SSSR count). The molecule has 0 aliphatic carbocycles. The van der Waals surface area contributed by atoms with Crippen molar-refractivity contribution in [2.75, 3.05) is 33.4 Å². The molecule has 1 fully saturated rings. The van der Waals surface area contributed by atoms with Crippen molar-refractivity contribution in [2.45, 2.75) is 19.8 Å². The number of hydrogen-bond acceptors (Lipinski definition) is 5. The van der Waals surface area contributed by atoms with E-state index in [-0.39, 0.29) is 34.6 Å². The Morgan fingerprint density at radius 3 is 2.64 bits per heavy atom. The van der Waals surface area contributed by atoms with Crippen LogP contribution in [-0.4, -0.2) is 44.2 Å². The van der Waals surface area contributed by atoms with Crippen LogP contribution in [0, 0.1) is 28.3 Å². The maximum Gasteiger partial charge on any atom is 0.285 e. The van der Waals surface area contributed by atoms with Gasteiger partial charge in [-0.1, -0.05) is 0 Å². The second-order valence-electron chi connectivity index (χ2n) is 6.24. The Balaban J connectivity index is 0.00000312. The first-order valence-corrected chi connectivity index (χ1v) is 7.81. The Kier molecular flexibility index (Phi) is 7.72. The minimum absolute atomic E-state index is 0. The topological polar surface area (TPSA) is 93.5 Å². The van der Waals surface area contributed by atoms with Gasteiger partial charge < -0.3 is 15.4 Å². The smallest absolute Gasteiger partial charge is 0.285 e. The van der Waals surface area contributed by atoms with Gasteiger partial charge in [-0.05, 0) is 45.0 Å². The monoisotopic (exact) mass is 375 g/mol. The van der Waals surface area contributed by atoms with Crippen LogP contribution in [0.5, 0.6) is 0 Å². The molecule has 1 aromatic carbocycles. The van der Waals surface area contributed by atoms with Crippen LogP contribution < -0.4 is 10.6 Å². The summed E-state index contributed by atoms with van der Waals surface area (Å²) >= 11 is 0. The first-order valence-electron chi connectivity index (χ1n) is 7.81. The van der Waals surface area contributed by atoms with Gasteiger partial charge in [0, 0.05) is 24.6 Å². The van der Waals surface area contributed by atoms with Crippen LogP contribution in [-0.2, 0) is 4.74 Å². The van der Waals surface area contributed by atoms with E-state index in [0.29, 0.717) is 13.2 Å². The lowest BCUT2D eigenvalue weighted by atomic mass is 9.79. The first kappa shape index (κ1) is 21.3. The van der Waals surface area contributed by atoms with Crippen LogP contribution in [0.15, 0.2) is 12.1 Å². The van der Waals surface area contributed by atoms with Crippen LogP contribution in [0.3, 0.4) is 0 Å². The maximum atomic E-state index is 13.6. The van der Waals surface area contributed by atoms with Gasteiger partial charge in [-0.15, -0.1) is 12.4 Å². The van der Waals surface area contributed by atoms with E-state index in [4.69, 9.17) is 4.74 Å². The van der Waals surface area contributed by atoms with Gasteiger partial charge in [0.2, 0.25) is 0 Å². The number of nitrogens with one attached hydrogen (secondary N) is 2. The molecule has 1 saturated heterocycles. The molecule has 1 aliphatic heterocycles. The van der Waals surface area contributed by atoms with Crippen LogP contribution in [0.25, 0.3) is 0 Å². The average Bonchev–Trinajstić information content (AvgIpc) is 2.52. The van der Waals surface area contributed by atoms with Crippen molar-refractivity contribution >= 4 is 24.0 Å². The van der Waals surface area contributed by atoms with Crippen LogP contribution >= 0.6 is 12.4 Å². The summed E-state index contributed by atoms with van der Waals surface area (Å²) in [5.41, 5.74) is -0.704. The number of amides is 1. The number of rotatable bonds is 6. The number of methoxy groups -OCH3 is 1. The molecule has 0 radical (unpaired) electrons. The molecule has 2 N–H and O–H groups in total. The lowest BCUT2D eigenvalue weighted by Crippen LogP contribution is -2.47. The number of carbonyl (C=O) groups is 1. The fourth-order valence-corrected chi connectivity index (χ4v) is 3.15. The van der Waals surface area contributed by atoms with Crippen LogP contribution in [0.4, 0.5) is 10.1 Å². The first-order chi connectivity index (χ1) is 11.4. The highest BCUT2D eigenvalue weighted by atomic mass is 35.5. The summed E-state index contributed by atoms with van der Waals surface area (Å²) in [6.07, 6.45) is 1.65. The van der Waals surface area contributed by atoms with Gasteiger partial charge in [0.15, 0.2) is 0 Å². The van der Waals surface area contributed by atoms with Crippen molar-refractivity contribution < 1.29 is 18.8 Å². The van der Waals surface area contributed by atoms with Gasteiger partial charge in [0.1, 0.15) is 11.4 Å².